The van der Waals surface area contributed by atoms with Gasteiger partial charge in [0.1, 0.15) is 6.29 Å². The van der Waals surface area contributed by atoms with Crippen molar-refractivity contribution in [3.05, 3.63) is 35.9 Å². The minimum absolute atomic E-state index is 0.542. The Bertz CT molecular complexity index is 424. The zero-order valence-electron chi connectivity index (χ0n) is 11.8. The Kier molecular flexibility index (Phi) is 6.72. The second-order valence-electron chi connectivity index (χ2n) is 4.25. The third kappa shape index (κ3) is 4.43. The molecule has 0 N–H and O–H groups in total. The molecule has 0 aliphatic rings. The van der Waals surface area contributed by atoms with Gasteiger partial charge in [0.2, 0.25) is 0 Å². The summed E-state index contributed by atoms with van der Waals surface area (Å²) in [5.74, 6) is 1.38. The van der Waals surface area contributed by atoms with Crippen molar-refractivity contribution in [2.45, 2.75) is 33.1 Å². The Hall–Kier alpha value is -1.77. The molecule has 3 heteroatoms. The van der Waals surface area contributed by atoms with Gasteiger partial charge in [0.15, 0.2) is 11.5 Å². The van der Waals surface area contributed by atoms with E-state index in [9.17, 15) is 4.79 Å². The topological polar surface area (TPSA) is 35.5 Å². The Morgan fingerprint density at radius 3 is 2.63 bits per heavy atom. The van der Waals surface area contributed by atoms with Crippen LogP contribution in [0.5, 0.6) is 11.5 Å². The van der Waals surface area contributed by atoms with Gasteiger partial charge in [0.05, 0.1) is 13.2 Å². The van der Waals surface area contributed by atoms with Crippen LogP contribution < -0.4 is 9.47 Å². The quantitative estimate of drug-likeness (QED) is 0.386. The minimum atomic E-state index is 0.542. The van der Waals surface area contributed by atoms with Crippen molar-refractivity contribution in [1.82, 2.24) is 0 Å². The smallest absolute Gasteiger partial charge is 0.164 e. The fourth-order valence-electron chi connectivity index (χ4n) is 1.80. The van der Waals surface area contributed by atoms with E-state index in [0.29, 0.717) is 30.9 Å². The first-order chi connectivity index (χ1) is 9.26. The standard InChI is InChI=1S/C16H22O3/c1-4-7-9-19-16-14(8-5-2)10-13(12-17)11-15(16)18-6-3/h5,10-12H,2,4,6-9H2,1,3H3. The molecule has 1 rings (SSSR count). The fourth-order valence-corrected chi connectivity index (χ4v) is 1.80. The van der Waals surface area contributed by atoms with Crippen molar-refractivity contribution in [1.29, 1.82) is 0 Å². The van der Waals surface area contributed by atoms with E-state index in [1.54, 1.807) is 12.1 Å². The van der Waals surface area contributed by atoms with Crippen molar-refractivity contribution in [3.63, 3.8) is 0 Å². The number of rotatable bonds is 9. The van der Waals surface area contributed by atoms with Crippen molar-refractivity contribution >= 4 is 6.29 Å². The van der Waals surface area contributed by atoms with Gasteiger partial charge in [-0.15, -0.1) is 6.58 Å². The second-order valence-corrected chi connectivity index (χ2v) is 4.25. The zero-order chi connectivity index (χ0) is 14.1. The van der Waals surface area contributed by atoms with Crippen LogP contribution in [0, 0.1) is 0 Å². The first kappa shape index (κ1) is 15.3. The Labute approximate surface area is 115 Å². The van der Waals surface area contributed by atoms with E-state index < -0.39 is 0 Å². The lowest BCUT2D eigenvalue weighted by atomic mass is 10.1. The van der Waals surface area contributed by atoms with Crippen LogP contribution in [0.4, 0.5) is 0 Å². The van der Waals surface area contributed by atoms with Crippen LogP contribution in [0.15, 0.2) is 24.8 Å². The number of hydrogen-bond donors (Lipinski definition) is 0. The van der Waals surface area contributed by atoms with Crippen molar-refractivity contribution in [3.8, 4) is 11.5 Å². The number of carbonyl (C=O) groups is 1. The van der Waals surface area contributed by atoms with Crippen molar-refractivity contribution in [2.75, 3.05) is 13.2 Å². The van der Waals surface area contributed by atoms with Gasteiger partial charge in [-0.1, -0.05) is 19.4 Å². The molecule has 0 saturated carbocycles. The molecule has 19 heavy (non-hydrogen) atoms. The summed E-state index contributed by atoms with van der Waals surface area (Å²) in [5, 5.41) is 0. The molecule has 0 fully saturated rings. The summed E-state index contributed by atoms with van der Waals surface area (Å²) in [7, 11) is 0. The van der Waals surface area contributed by atoms with E-state index in [-0.39, 0.29) is 0 Å². The summed E-state index contributed by atoms with van der Waals surface area (Å²) in [6.07, 6.45) is 5.35. The minimum Gasteiger partial charge on any atom is -0.490 e. The van der Waals surface area contributed by atoms with Crippen molar-refractivity contribution < 1.29 is 14.3 Å². The Morgan fingerprint density at radius 1 is 1.26 bits per heavy atom. The molecule has 0 heterocycles. The molecule has 104 valence electrons. The summed E-state index contributed by atoms with van der Waals surface area (Å²) in [5.41, 5.74) is 1.54. The van der Waals surface area contributed by atoms with E-state index >= 15 is 0 Å². The average molecular weight is 262 g/mol. The van der Waals surface area contributed by atoms with Crippen LogP contribution in [-0.2, 0) is 6.42 Å². The second kappa shape index (κ2) is 8.35. The van der Waals surface area contributed by atoms with Gasteiger partial charge in [0.25, 0.3) is 0 Å². The maximum absolute atomic E-state index is 11.0. The van der Waals surface area contributed by atoms with Gasteiger partial charge in [0, 0.05) is 11.1 Å². The summed E-state index contributed by atoms with van der Waals surface area (Å²) in [4.78, 5) is 11.0. The molecule has 0 amide bonds. The summed E-state index contributed by atoms with van der Waals surface area (Å²) >= 11 is 0. The first-order valence-electron chi connectivity index (χ1n) is 6.75. The molecule has 0 saturated heterocycles. The number of aldehydes is 1. The molecule has 3 nitrogen and oxygen atoms in total. The van der Waals surface area contributed by atoms with Crippen LogP contribution in [0.1, 0.15) is 42.6 Å². The molecule has 0 aliphatic carbocycles. The lowest BCUT2D eigenvalue weighted by Crippen LogP contribution is -2.04. The lowest BCUT2D eigenvalue weighted by Gasteiger charge is -2.16. The zero-order valence-corrected chi connectivity index (χ0v) is 11.8. The molecular weight excluding hydrogens is 240 g/mol. The van der Waals surface area contributed by atoms with Crippen LogP contribution >= 0.6 is 0 Å². The molecule has 0 aromatic heterocycles. The van der Waals surface area contributed by atoms with Crippen LogP contribution in [0.2, 0.25) is 0 Å². The van der Waals surface area contributed by atoms with E-state index in [1.807, 2.05) is 13.0 Å². The Morgan fingerprint density at radius 2 is 2.05 bits per heavy atom. The summed E-state index contributed by atoms with van der Waals surface area (Å²) in [6, 6.07) is 3.56. The maximum atomic E-state index is 11.0. The summed E-state index contributed by atoms with van der Waals surface area (Å²) in [6.45, 7) is 8.97. The molecule has 0 unspecified atom stereocenters. The largest absolute Gasteiger partial charge is 0.490 e. The maximum Gasteiger partial charge on any atom is 0.164 e. The lowest BCUT2D eigenvalue weighted by molar-refractivity contribution is 0.112. The molecular formula is C16H22O3. The monoisotopic (exact) mass is 262 g/mol. The Balaban J connectivity index is 3.10. The molecule has 0 bridgehead atoms. The number of hydrogen-bond acceptors (Lipinski definition) is 3. The van der Waals surface area contributed by atoms with E-state index in [0.717, 1.165) is 30.4 Å². The highest BCUT2D eigenvalue weighted by Gasteiger charge is 2.12. The van der Waals surface area contributed by atoms with Gasteiger partial charge >= 0.3 is 0 Å². The van der Waals surface area contributed by atoms with E-state index in [1.165, 1.54) is 0 Å². The molecule has 0 radical (unpaired) electrons. The molecule has 0 aliphatic heterocycles. The SMILES string of the molecule is C=CCc1cc(C=O)cc(OCC)c1OCCCC. The number of benzene rings is 1. The predicted molar refractivity (Wildman–Crippen MR) is 77.3 cm³/mol. The van der Waals surface area contributed by atoms with Gasteiger partial charge in [-0.3, -0.25) is 4.79 Å². The molecule has 1 aromatic carbocycles. The van der Waals surface area contributed by atoms with Gasteiger partial charge in [-0.05, 0) is 31.9 Å². The highest BCUT2D eigenvalue weighted by atomic mass is 16.5. The molecule has 0 atom stereocenters. The van der Waals surface area contributed by atoms with Gasteiger partial charge < -0.3 is 9.47 Å². The van der Waals surface area contributed by atoms with E-state index in [4.69, 9.17) is 9.47 Å². The highest BCUT2D eigenvalue weighted by molar-refractivity contribution is 5.77. The average Bonchev–Trinajstić information content (AvgIpc) is 2.42. The number of ether oxygens (including phenoxy) is 2. The highest BCUT2D eigenvalue weighted by Crippen LogP contribution is 2.33. The number of unbranched alkanes of at least 4 members (excludes halogenated alkanes) is 1. The van der Waals surface area contributed by atoms with Crippen LogP contribution in [0.3, 0.4) is 0 Å². The summed E-state index contributed by atoms with van der Waals surface area (Å²) < 4.78 is 11.4. The molecule has 1 aromatic rings. The third-order valence-electron chi connectivity index (χ3n) is 2.70. The number of allylic oxidation sites excluding steroid dienone is 1. The van der Waals surface area contributed by atoms with Crippen LogP contribution in [0.25, 0.3) is 0 Å². The van der Waals surface area contributed by atoms with Crippen LogP contribution in [-0.4, -0.2) is 19.5 Å². The predicted octanol–water partition coefficient (Wildman–Crippen LogP) is 3.81. The third-order valence-corrected chi connectivity index (χ3v) is 2.70. The van der Waals surface area contributed by atoms with Gasteiger partial charge in [-0.25, -0.2) is 0 Å². The van der Waals surface area contributed by atoms with Gasteiger partial charge in [-0.2, -0.15) is 0 Å². The van der Waals surface area contributed by atoms with E-state index in [2.05, 4.69) is 13.5 Å². The normalized spacial score (nSPS) is 10.0. The first-order valence-corrected chi connectivity index (χ1v) is 6.75. The fraction of sp³-hybridized carbons (Fsp3) is 0.438. The van der Waals surface area contributed by atoms with Crippen molar-refractivity contribution in [2.24, 2.45) is 0 Å². The molecule has 0 spiro atoms. The number of carbonyl (C=O) groups excluding carboxylic acids is 1.